The lowest BCUT2D eigenvalue weighted by atomic mass is 10.4. The number of halogens is 2. The van der Waals surface area contributed by atoms with Gasteiger partial charge in [-0.25, -0.2) is 9.36 Å². The van der Waals surface area contributed by atoms with E-state index >= 15 is 0 Å². The highest BCUT2D eigenvalue weighted by Gasteiger charge is 2.09. The van der Waals surface area contributed by atoms with Gasteiger partial charge in [0, 0.05) is 12.3 Å². The quantitative estimate of drug-likeness (QED) is 0.710. The van der Waals surface area contributed by atoms with Crippen LogP contribution in [0.15, 0.2) is 15.8 Å². The Morgan fingerprint density at radius 3 is 2.79 bits per heavy atom. The van der Waals surface area contributed by atoms with E-state index in [1.54, 1.807) is 4.98 Å². The Morgan fingerprint density at radius 1 is 1.57 bits per heavy atom. The molecule has 0 radical (unpaired) electrons. The molecule has 0 fully saturated rings. The van der Waals surface area contributed by atoms with Crippen LogP contribution in [0.1, 0.15) is 11.2 Å². The molecule has 5 nitrogen and oxygen atoms in total. The predicted octanol–water partition coefficient (Wildman–Crippen LogP) is -0.0552. The summed E-state index contributed by atoms with van der Waals surface area (Å²) in [6.07, 6.45) is 0.447. The lowest BCUT2D eigenvalue weighted by Gasteiger charge is -2.00. The van der Waals surface area contributed by atoms with Gasteiger partial charge < -0.3 is 0 Å². The van der Waals surface area contributed by atoms with E-state index in [9.17, 15) is 18.8 Å². The van der Waals surface area contributed by atoms with Crippen molar-refractivity contribution in [3.05, 3.63) is 32.9 Å². The number of rotatable bonds is 2. The van der Waals surface area contributed by atoms with Gasteiger partial charge in [0.1, 0.15) is 0 Å². The summed E-state index contributed by atoms with van der Waals surface area (Å²) in [5.41, 5.74) is -2.11. The summed E-state index contributed by atoms with van der Waals surface area (Å²) in [5.74, 6) is -1.83. The Bertz CT molecular complexity index is 465. The molecule has 0 atom stereocenters. The van der Waals surface area contributed by atoms with Crippen LogP contribution in [0, 0.1) is 5.82 Å². The number of aromatic nitrogens is 2. The number of nitrogens with one attached hydrogen (secondary N) is 1. The third-order valence-electron chi connectivity index (χ3n) is 1.48. The highest BCUT2D eigenvalue weighted by molar-refractivity contribution is 6.18. The first-order chi connectivity index (χ1) is 6.56. The maximum absolute atomic E-state index is 12.7. The van der Waals surface area contributed by atoms with E-state index in [0.717, 1.165) is 0 Å². The van der Waals surface area contributed by atoms with Crippen molar-refractivity contribution in [1.29, 1.82) is 0 Å². The summed E-state index contributed by atoms with van der Waals surface area (Å²) >= 11 is 5.27. The summed E-state index contributed by atoms with van der Waals surface area (Å²) < 4.78 is 13.2. The number of H-pyrrole nitrogens is 1. The second-order valence-electron chi connectivity index (χ2n) is 2.44. The Hall–Kier alpha value is -1.43. The topological polar surface area (TPSA) is 71.9 Å². The molecule has 0 amide bonds. The van der Waals surface area contributed by atoms with Gasteiger partial charge in [-0.3, -0.25) is 14.6 Å². The van der Waals surface area contributed by atoms with Gasteiger partial charge in [0.2, 0.25) is 11.7 Å². The molecular weight excluding hydrogens is 215 g/mol. The van der Waals surface area contributed by atoms with E-state index in [2.05, 4.69) is 0 Å². The maximum atomic E-state index is 12.7. The number of carbonyl (C=O) groups is 1. The Morgan fingerprint density at radius 2 is 2.21 bits per heavy atom. The first-order valence-electron chi connectivity index (χ1n) is 3.67. The number of carbonyl (C=O) groups excluding carboxylic acids is 1. The largest absolute Gasteiger partial charge is 0.335 e. The predicted molar refractivity (Wildman–Crippen MR) is 47.2 cm³/mol. The molecule has 0 unspecified atom stereocenters. The molecule has 7 heteroatoms. The van der Waals surface area contributed by atoms with E-state index in [1.807, 2.05) is 0 Å². The fraction of sp³-hybridized carbons (Fsp3) is 0.286. The zero-order chi connectivity index (χ0) is 10.7. The lowest BCUT2D eigenvalue weighted by Crippen LogP contribution is -2.35. The molecule has 0 aliphatic rings. The zero-order valence-electron chi connectivity index (χ0n) is 6.92. The van der Waals surface area contributed by atoms with Crippen molar-refractivity contribution < 1.29 is 9.18 Å². The van der Waals surface area contributed by atoms with Crippen LogP contribution < -0.4 is 11.2 Å². The summed E-state index contributed by atoms with van der Waals surface area (Å²) in [7, 11) is 0. The average Bonchev–Trinajstić information content (AvgIpc) is 2.11. The molecule has 14 heavy (non-hydrogen) atoms. The fourth-order valence-electron chi connectivity index (χ4n) is 0.834. The Balaban J connectivity index is 3.23. The van der Waals surface area contributed by atoms with Crippen LogP contribution in [-0.2, 0) is 0 Å². The molecule has 1 aromatic heterocycles. The molecule has 76 valence electrons. The van der Waals surface area contributed by atoms with Gasteiger partial charge in [0.25, 0.3) is 5.56 Å². The average molecular weight is 221 g/mol. The van der Waals surface area contributed by atoms with Gasteiger partial charge in [0.05, 0.1) is 6.20 Å². The zero-order valence-corrected chi connectivity index (χ0v) is 7.68. The smallest absolute Gasteiger partial charge is 0.274 e. The Kier molecular flexibility index (Phi) is 3.19. The van der Waals surface area contributed by atoms with Crippen molar-refractivity contribution >= 4 is 17.5 Å². The summed E-state index contributed by atoms with van der Waals surface area (Å²) in [6, 6.07) is 0. The minimum absolute atomic E-state index is 0.0199. The summed E-state index contributed by atoms with van der Waals surface area (Å²) in [5, 5.41) is 0. The first-order valence-corrected chi connectivity index (χ1v) is 4.20. The fourth-order valence-corrected chi connectivity index (χ4v) is 0.996. The van der Waals surface area contributed by atoms with Crippen molar-refractivity contribution in [2.75, 3.05) is 5.88 Å². The molecule has 1 rings (SSSR count). The molecule has 1 heterocycles. The van der Waals surface area contributed by atoms with Crippen LogP contribution in [-0.4, -0.2) is 21.3 Å². The highest BCUT2D eigenvalue weighted by atomic mass is 35.5. The highest BCUT2D eigenvalue weighted by Crippen LogP contribution is 1.91. The number of hydrogen-bond donors (Lipinski definition) is 1. The number of hydrogen-bond acceptors (Lipinski definition) is 3. The van der Waals surface area contributed by atoms with Crippen molar-refractivity contribution in [2.24, 2.45) is 0 Å². The molecule has 1 N–H and O–H groups in total. The first kappa shape index (κ1) is 10.6. The molecule has 0 aliphatic heterocycles. The van der Waals surface area contributed by atoms with Crippen LogP contribution in [0.3, 0.4) is 0 Å². The monoisotopic (exact) mass is 220 g/mol. The van der Waals surface area contributed by atoms with Gasteiger partial charge in [-0.05, 0) is 0 Å². The van der Waals surface area contributed by atoms with Crippen molar-refractivity contribution in [3.8, 4) is 0 Å². The Labute approximate surface area is 82.1 Å². The van der Waals surface area contributed by atoms with Crippen molar-refractivity contribution in [3.63, 3.8) is 0 Å². The molecule has 0 aromatic carbocycles. The van der Waals surface area contributed by atoms with Crippen molar-refractivity contribution in [2.45, 2.75) is 6.42 Å². The van der Waals surface area contributed by atoms with Gasteiger partial charge in [-0.2, -0.15) is 4.39 Å². The molecule has 0 aliphatic carbocycles. The molecule has 0 bridgehead atoms. The molecular formula is C7H6ClFN2O3. The maximum Gasteiger partial charge on any atom is 0.335 e. The number of alkyl halides is 1. The molecule has 0 spiro atoms. The summed E-state index contributed by atoms with van der Waals surface area (Å²) in [4.78, 5) is 34.4. The third-order valence-corrected chi connectivity index (χ3v) is 1.66. The molecule has 0 saturated carbocycles. The molecule has 0 saturated heterocycles. The number of nitrogens with zero attached hydrogens (tertiary/aromatic N) is 1. The SMILES string of the molecule is O=C(CCCl)n1cc(F)c(=O)[nH]c1=O. The number of aromatic amines is 1. The van der Waals surface area contributed by atoms with Gasteiger partial charge in [-0.15, -0.1) is 11.6 Å². The second-order valence-corrected chi connectivity index (χ2v) is 2.82. The van der Waals surface area contributed by atoms with Crippen LogP contribution in [0.5, 0.6) is 0 Å². The summed E-state index contributed by atoms with van der Waals surface area (Å²) in [6.45, 7) is 0. The minimum atomic E-state index is -1.19. The van der Waals surface area contributed by atoms with Crippen LogP contribution in [0.25, 0.3) is 0 Å². The second kappa shape index (κ2) is 4.19. The standard InChI is InChI=1S/C7H6ClFN2O3/c8-2-1-5(12)11-3-4(9)6(13)10-7(11)14/h3H,1-2H2,(H,10,13,14). The van der Waals surface area contributed by atoms with Crippen LogP contribution in [0.2, 0.25) is 0 Å². The lowest BCUT2D eigenvalue weighted by molar-refractivity contribution is 0.0902. The van der Waals surface area contributed by atoms with Gasteiger partial charge >= 0.3 is 5.69 Å². The van der Waals surface area contributed by atoms with Crippen LogP contribution in [0.4, 0.5) is 4.39 Å². The third kappa shape index (κ3) is 2.08. The van der Waals surface area contributed by atoms with Crippen LogP contribution >= 0.6 is 11.6 Å². The van der Waals surface area contributed by atoms with E-state index in [1.165, 1.54) is 0 Å². The van der Waals surface area contributed by atoms with E-state index in [-0.39, 0.29) is 12.3 Å². The molecule has 1 aromatic rings. The minimum Gasteiger partial charge on any atom is -0.274 e. The van der Waals surface area contributed by atoms with Gasteiger partial charge in [-0.1, -0.05) is 0 Å². The van der Waals surface area contributed by atoms with E-state index in [0.29, 0.717) is 10.8 Å². The van der Waals surface area contributed by atoms with E-state index in [4.69, 9.17) is 11.6 Å². The van der Waals surface area contributed by atoms with Gasteiger partial charge in [0.15, 0.2) is 0 Å². The van der Waals surface area contributed by atoms with Crippen molar-refractivity contribution in [1.82, 2.24) is 9.55 Å². The normalized spacial score (nSPS) is 10.1. The van der Waals surface area contributed by atoms with E-state index < -0.39 is 23.0 Å².